The highest BCUT2D eigenvalue weighted by atomic mass is 15.2. The minimum absolute atomic E-state index is 0.541. The van der Waals surface area contributed by atoms with Crippen LogP contribution in [0.25, 0.3) is 0 Å². The zero-order valence-corrected chi connectivity index (χ0v) is 10.9. The van der Waals surface area contributed by atoms with Crippen molar-refractivity contribution in [3.05, 3.63) is 29.6 Å². The molecule has 2 heterocycles. The van der Waals surface area contributed by atoms with E-state index in [-0.39, 0.29) is 0 Å². The molecule has 0 radical (unpaired) electrons. The molecule has 1 saturated heterocycles. The smallest absolute Gasteiger partial charge is 0.0313 e. The third kappa shape index (κ3) is 3.27. The Bertz CT molecular complexity index is 364. The number of hydrogen-bond acceptors (Lipinski definition) is 3. The Labute approximate surface area is 104 Å². The van der Waals surface area contributed by atoms with Gasteiger partial charge in [-0.2, -0.15) is 0 Å². The topological polar surface area (TPSA) is 42.2 Å². The maximum atomic E-state index is 5.88. The summed E-state index contributed by atoms with van der Waals surface area (Å²) in [5.74, 6) is 0.815. The Morgan fingerprint density at radius 1 is 1.47 bits per heavy atom. The van der Waals surface area contributed by atoms with Gasteiger partial charge in [0.05, 0.1) is 0 Å². The van der Waals surface area contributed by atoms with Gasteiger partial charge in [0.1, 0.15) is 0 Å². The lowest BCUT2D eigenvalue weighted by molar-refractivity contribution is 0.115. The van der Waals surface area contributed by atoms with Crippen molar-refractivity contribution in [2.24, 2.45) is 11.7 Å². The van der Waals surface area contributed by atoms with Gasteiger partial charge in [-0.25, -0.2) is 0 Å². The number of hydrogen-bond donors (Lipinski definition) is 1. The minimum atomic E-state index is 0.541. The summed E-state index contributed by atoms with van der Waals surface area (Å²) in [7, 11) is 0. The minimum Gasteiger partial charge on any atom is -0.329 e. The molecule has 1 aliphatic rings. The van der Waals surface area contributed by atoms with Crippen LogP contribution in [-0.2, 0) is 6.54 Å². The van der Waals surface area contributed by atoms with Gasteiger partial charge in [0.2, 0.25) is 0 Å². The van der Waals surface area contributed by atoms with E-state index in [0.29, 0.717) is 6.04 Å². The molecule has 17 heavy (non-hydrogen) atoms. The third-order valence-corrected chi connectivity index (χ3v) is 3.69. The van der Waals surface area contributed by atoms with Gasteiger partial charge in [0.25, 0.3) is 0 Å². The highest BCUT2D eigenvalue weighted by molar-refractivity contribution is 5.16. The van der Waals surface area contributed by atoms with Gasteiger partial charge in [-0.15, -0.1) is 0 Å². The molecule has 2 atom stereocenters. The number of likely N-dealkylation sites (tertiary alicyclic amines) is 1. The number of aromatic nitrogens is 1. The van der Waals surface area contributed by atoms with Crippen LogP contribution in [0.1, 0.15) is 30.9 Å². The SMILES string of the molecule is Cc1cncc(CN2CCC(C)CC2CN)c1. The first-order chi connectivity index (χ1) is 8.19. The number of pyridine rings is 1. The Balaban J connectivity index is 2.02. The maximum Gasteiger partial charge on any atom is 0.0313 e. The van der Waals surface area contributed by atoms with Crippen LogP contribution in [-0.4, -0.2) is 29.0 Å². The van der Waals surface area contributed by atoms with Crippen LogP contribution < -0.4 is 5.73 Å². The Morgan fingerprint density at radius 2 is 2.29 bits per heavy atom. The largest absolute Gasteiger partial charge is 0.329 e. The predicted molar refractivity (Wildman–Crippen MR) is 70.6 cm³/mol. The normalized spacial score (nSPS) is 26.1. The molecule has 2 rings (SSSR count). The Morgan fingerprint density at radius 3 is 3.00 bits per heavy atom. The van der Waals surface area contributed by atoms with E-state index in [1.807, 2.05) is 12.4 Å². The van der Waals surface area contributed by atoms with E-state index < -0.39 is 0 Å². The van der Waals surface area contributed by atoms with Crippen LogP contribution in [0.15, 0.2) is 18.5 Å². The van der Waals surface area contributed by atoms with E-state index >= 15 is 0 Å². The highest BCUT2D eigenvalue weighted by Crippen LogP contribution is 2.23. The molecule has 94 valence electrons. The van der Waals surface area contributed by atoms with Crippen molar-refractivity contribution in [1.29, 1.82) is 0 Å². The summed E-state index contributed by atoms with van der Waals surface area (Å²) in [4.78, 5) is 6.77. The van der Waals surface area contributed by atoms with E-state index in [1.165, 1.54) is 24.0 Å². The van der Waals surface area contributed by atoms with Crippen LogP contribution in [0, 0.1) is 12.8 Å². The number of nitrogens with two attached hydrogens (primary N) is 1. The summed E-state index contributed by atoms with van der Waals surface area (Å²) >= 11 is 0. The van der Waals surface area contributed by atoms with Gasteiger partial charge >= 0.3 is 0 Å². The van der Waals surface area contributed by atoms with Crippen molar-refractivity contribution in [1.82, 2.24) is 9.88 Å². The molecular weight excluding hydrogens is 210 g/mol. The van der Waals surface area contributed by atoms with Crippen molar-refractivity contribution in [3.8, 4) is 0 Å². The molecule has 1 fully saturated rings. The average Bonchev–Trinajstić information content (AvgIpc) is 2.31. The molecule has 2 unspecified atom stereocenters. The van der Waals surface area contributed by atoms with Crippen molar-refractivity contribution in [3.63, 3.8) is 0 Å². The molecule has 2 N–H and O–H groups in total. The maximum absolute atomic E-state index is 5.88. The van der Waals surface area contributed by atoms with Crippen LogP contribution in [0.2, 0.25) is 0 Å². The molecule has 3 heteroatoms. The third-order valence-electron chi connectivity index (χ3n) is 3.69. The predicted octanol–water partition coefficient (Wildman–Crippen LogP) is 1.95. The number of rotatable bonds is 3. The van der Waals surface area contributed by atoms with E-state index in [0.717, 1.165) is 25.6 Å². The zero-order chi connectivity index (χ0) is 12.3. The molecule has 3 nitrogen and oxygen atoms in total. The van der Waals surface area contributed by atoms with E-state index in [4.69, 9.17) is 5.73 Å². The quantitative estimate of drug-likeness (QED) is 0.867. The number of aryl methyl sites for hydroxylation is 1. The van der Waals surface area contributed by atoms with Gasteiger partial charge in [-0.05, 0) is 43.4 Å². The van der Waals surface area contributed by atoms with Gasteiger partial charge in [0, 0.05) is 31.5 Å². The van der Waals surface area contributed by atoms with Gasteiger partial charge in [-0.1, -0.05) is 13.0 Å². The fraction of sp³-hybridized carbons (Fsp3) is 0.643. The van der Waals surface area contributed by atoms with Crippen LogP contribution in [0.4, 0.5) is 0 Å². The van der Waals surface area contributed by atoms with E-state index in [1.54, 1.807) is 0 Å². The molecule has 0 amide bonds. The molecule has 0 aromatic carbocycles. The molecule has 0 bridgehead atoms. The Kier molecular flexibility index (Phi) is 4.13. The molecule has 0 aliphatic carbocycles. The Hall–Kier alpha value is -0.930. The number of nitrogens with zero attached hydrogens (tertiary/aromatic N) is 2. The number of piperidine rings is 1. The monoisotopic (exact) mass is 233 g/mol. The van der Waals surface area contributed by atoms with Crippen molar-refractivity contribution in [2.75, 3.05) is 13.1 Å². The standard InChI is InChI=1S/C14H23N3/c1-11-3-4-17(14(6-11)7-15)10-13-5-12(2)8-16-9-13/h5,8-9,11,14H,3-4,6-7,10,15H2,1-2H3. The molecule has 1 aliphatic heterocycles. The molecule has 0 saturated carbocycles. The summed E-state index contributed by atoms with van der Waals surface area (Å²) in [5.41, 5.74) is 8.42. The van der Waals surface area contributed by atoms with Gasteiger partial charge in [0.15, 0.2) is 0 Å². The second kappa shape index (κ2) is 5.61. The summed E-state index contributed by atoms with van der Waals surface area (Å²) in [6, 6.07) is 2.76. The second-order valence-electron chi connectivity index (χ2n) is 5.36. The van der Waals surface area contributed by atoms with Crippen molar-refractivity contribution in [2.45, 2.75) is 39.3 Å². The average molecular weight is 233 g/mol. The molecular formula is C14H23N3. The molecule has 0 spiro atoms. The van der Waals surface area contributed by atoms with Crippen molar-refractivity contribution >= 4 is 0 Å². The van der Waals surface area contributed by atoms with Gasteiger partial charge < -0.3 is 5.73 Å². The summed E-state index contributed by atoms with van der Waals surface area (Å²) in [5, 5.41) is 0. The van der Waals surface area contributed by atoms with E-state index in [2.05, 4.69) is 29.8 Å². The van der Waals surface area contributed by atoms with Crippen molar-refractivity contribution < 1.29 is 0 Å². The summed E-state index contributed by atoms with van der Waals surface area (Å²) in [6.45, 7) is 7.34. The highest BCUT2D eigenvalue weighted by Gasteiger charge is 2.25. The summed E-state index contributed by atoms with van der Waals surface area (Å²) in [6.07, 6.45) is 6.40. The second-order valence-corrected chi connectivity index (χ2v) is 5.36. The van der Waals surface area contributed by atoms with Crippen LogP contribution >= 0.6 is 0 Å². The molecule has 1 aromatic rings. The first kappa shape index (κ1) is 12.5. The zero-order valence-electron chi connectivity index (χ0n) is 10.9. The first-order valence-electron chi connectivity index (χ1n) is 6.53. The lowest BCUT2D eigenvalue weighted by Crippen LogP contribution is -2.45. The first-order valence-corrected chi connectivity index (χ1v) is 6.53. The van der Waals surface area contributed by atoms with Gasteiger partial charge in [-0.3, -0.25) is 9.88 Å². The lowest BCUT2D eigenvalue weighted by Gasteiger charge is -2.38. The fourth-order valence-electron chi connectivity index (χ4n) is 2.69. The molecule has 1 aromatic heterocycles. The lowest BCUT2D eigenvalue weighted by atomic mass is 9.92. The van der Waals surface area contributed by atoms with Crippen LogP contribution in [0.3, 0.4) is 0 Å². The fourth-order valence-corrected chi connectivity index (χ4v) is 2.69. The van der Waals surface area contributed by atoms with Crippen LogP contribution in [0.5, 0.6) is 0 Å². The summed E-state index contributed by atoms with van der Waals surface area (Å²) < 4.78 is 0. The van der Waals surface area contributed by atoms with E-state index in [9.17, 15) is 0 Å².